The van der Waals surface area contributed by atoms with Gasteiger partial charge in [0.15, 0.2) is 0 Å². The quantitative estimate of drug-likeness (QED) is 0.210. The molecule has 5 rings (SSSR count). The maximum atomic E-state index is 6.32. The van der Waals surface area contributed by atoms with Crippen LogP contribution in [0.1, 0.15) is 32.6 Å². The third kappa shape index (κ3) is 5.80. The lowest BCUT2D eigenvalue weighted by Crippen LogP contribution is -2.25. The second-order valence-electron chi connectivity index (χ2n) is 9.19. The summed E-state index contributed by atoms with van der Waals surface area (Å²) in [5, 5.41) is 1.05. The van der Waals surface area contributed by atoms with E-state index in [0.29, 0.717) is 28.2 Å². The number of unbranched alkanes of at least 4 members (excludes halogenated alkanes) is 1. The van der Waals surface area contributed by atoms with Crippen molar-refractivity contribution in [3.8, 4) is 28.6 Å². The highest BCUT2D eigenvalue weighted by atomic mass is 35.5. The number of benzene rings is 3. The van der Waals surface area contributed by atoms with Gasteiger partial charge >= 0.3 is 0 Å². The summed E-state index contributed by atoms with van der Waals surface area (Å²) in [6.07, 6.45) is 4.76. The van der Waals surface area contributed by atoms with Gasteiger partial charge in [-0.1, -0.05) is 48.7 Å². The van der Waals surface area contributed by atoms with Crippen molar-refractivity contribution in [3.05, 3.63) is 70.7 Å². The van der Waals surface area contributed by atoms with Crippen LogP contribution in [0.4, 0.5) is 0 Å². The Morgan fingerprint density at radius 3 is 2.58 bits per heavy atom. The van der Waals surface area contributed by atoms with E-state index in [4.69, 9.17) is 37.7 Å². The first kappa shape index (κ1) is 24.9. The Morgan fingerprint density at radius 1 is 0.917 bits per heavy atom. The summed E-state index contributed by atoms with van der Waals surface area (Å²) < 4.78 is 14.5. The van der Waals surface area contributed by atoms with E-state index in [1.165, 1.54) is 25.9 Å². The van der Waals surface area contributed by atoms with Crippen molar-refractivity contribution in [2.24, 2.45) is 0 Å². The largest absolute Gasteiger partial charge is 0.492 e. The average Bonchev–Trinajstić information content (AvgIpc) is 3.52. The number of ether oxygens (including phenoxy) is 2. The summed E-state index contributed by atoms with van der Waals surface area (Å²) in [6, 6.07) is 19.4. The molecule has 0 aliphatic carbocycles. The predicted octanol–water partition coefficient (Wildman–Crippen LogP) is 8.08. The summed E-state index contributed by atoms with van der Waals surface area (Å²) in [5.74, 6) is 3.06. The number of rotatable bonds is 10. The molecule has 1 aliphatic heterocycles. The third-order valence-corrected chi connectivity index (χ3v) is 7.07. The van der Waals surface area contributed by atoms with Gasteiger partial charge in [-0.25, -0.2) is 4.98 Å². The zero-order valence-corrected chi connectivity index (χ0v) is 22.1. The molecule has 1 fully saturated rings. The van der Waals surface area contributed by atoms with Gasteiger partial charge in [0.1, 0.15) is 29.7 Å². The van der Waals surface area contributed by atoms with Crippen LogP contribution in [0.25, 0.3) is 22.4 Å². The molecule has 1 aromatic heterocycles. The zero-order chi connectivity index (χ0) is 24.9. The van der Waals surface area contributed by atoms with Gasteiger partial charge in [-0.2, -0.15) is 0 Å². The van der Waals surface area contributed by atoms with E-state index in [1.807, 2.05) is 24.3 Å². The van der Waals surface area contributed by atoms with Crippen LogP contribution in [-0.4, -0.2) is 40.7 Å². The number of halogens is 2. The summed E-state index contributed by atoms with van der Waals surface area (Å²) in [5.41, 5.74) is 3.03. The molecule has 0 unspecified atom stereocenters. The van der Waals surface area contributed by atoms with Gasteiger partial charge in [0.05, 0.1) is 16.1 Å². The molecule has 4 aromatic rings. The summed E-state index contributed by atoms with van der Waals surface area (Å²) in [4.78, 5) is 7.46. The van der Waals surface area contributed by atoms with Gasteiger partial charge in [0.2, 0.25) is 0 Å². The van der Waals surface area contributed by atoms with Crippen molar-refractivity contribution in [3.63, 3.8) is 0 Å². The first-order chi connectivity index (χ1) is 17.6. The van der Waals surface area contributed by atoms with Crippen LogP contribution >= 0.6 is 23.2 Å². The summed E-state index contributed by atoms with van der Waals surface area (Å²) in [6.45, 7) is 7.13. The monoisotopic (exact) mass is 523 g/mol. The average molecular weight is 524 g/mol. The minimum Gasteiger partial charge on any atom is -0.492 e. The van der Waals surface area contributed by atoms with E-state index in [0.717, 1.165) is 54.1 Å². The number of aromatic nitrogens is 2. The lowest BCUT2D eigenvalue weighted by atomic mass is 10.2. The number of hydrogen-bond acceptors (Lipinski definition) is 4. The second kappa shape index (κ2) is 11.5. The normalized spacial score (nSPS) is 14.0. The molecule has 1 saturated heterocycles. The Labute approximate surface area is 222 Å². The van der Waals surface area contributed by atoms with E-state index < -0.39 is 0 Å². The van der Waals surface area contributed by atoms with Crippen LogP contribution in [-0.2, 0) is 6.54 Å². The van der Waals surface area contributed by atoms with E-state index in [1.54, 1.807) is 18.2 Å². The highest BCUT2D eigenvalue weighted by Gasteiger charge is 2.15. The standard InChI is InChI=1S/C29H31Cl2N3O2/c1-2-3-15-34-27-20-23(35-17-16-33-13-4-5-14-33)10-11-26(27)32-29(34)21-7-6-8-24(18-21)36-28-12-9-22(30)19-25(28)31/h6-12,18-20H,2-5,13-17H2,1H3. The molecule has 3 aromatic carbocycles. The van der Waals surface area contributed by atoms with Crippen molar-refractivity contribution in [2.45, 2.75) is 39.2 Å². The van der Waals surface area contributed by atoms with Crippen LogP contribution in [0.15, 0.2) is 60.7 Å². The molecule has 0 radical (unpaired) electrons. The molecule has 0 atom stereocenters. The number of nitrogens with zero attached hydrogens (tertiary/aromatic N) is 3. The summed E-state index contributed by atoms with van der Waals surface area (Å²) >= 11 is 12.3. The maximum Gasteiger partial charge on any atom is 0.146 e. The Morgan fingerprint density at radius 2 is 1.78 bits per heavy atom. The molecule has 188 valence electrons. The van der Waals surface area contributed by atoms with Crippen LogP contribution < -0.4 is 9.47 Å². The molecule has 0 N–H and O–H groups in total. The molecule has 7 heteroatoms. The SMILES string of the molecule is CCCCn1c(-c2cccc(Oc3ccc(Cl)cc3Cl)c2)nc2ccc(OCCN3CCCC3)cc21. The van der Waals surface area contributed by atoms with Gasteiger partial charge in [0.25, 0.3) is 0 Å². The fraction of sp³-hybridized carbons (Fsp3) is 0.345. The molecule has 2 heterocycles. The van der Waals surface area contributed by atoms with Crippen molar-refractivity contribution in [1.29, 1.82) is 0 Å². The molecule has 0 bridgehead atoms. The lowest BCUT2D eigenvalue weighted by Gasteiger charge is -2.15. The number of hydrogen-bond donors (Lipinski definition) is 0. The maximum absolute atomic E-state index is 6.32. The van der Waals surface area contributed by atoms with Crippen molar-refractivity contribution in [2.75, 3.05) is 26.2 Å². The van der Waals surface area contributed by atoms with Crippen LogP contribution in [0.2, 0.25) is 10.0 Å². The smallest absolute Gasteiger partial charge is 0.146 e. The topological polar surface area (TPSA) is 39.5 Å². The molecular weight excluding hydrogens is 493 g/mol. The molecule has 36 heavy (non-hydrogen) atoms. The molecule has 1 aliphatic rings. The van der Waals surface area contributed by atoms with Crippen LogP contribution in [0, 0.1) is 0 Å². The molecular formula is C29H31Cl2N3O2. The Hall–Kier alpha value is -2.73. The van der Waals surface area contributed by atoms with E-state index >= 15 is 0 Å². The Kier molecular flexibility index (Phi) is 8.00. The minimum atomic E-state index is 0.473. The molecule has 0 spiro atoms. The minimum absolute atomic E-state index is 0.473. The second-order valence-corrected chi connectivity index (χ2v) is 10.0. The van der Waals surface area contributed by atoms with E-state index in [-0.39, 0.29) is 0 Å². The number of fused-ring (bicyclic) bond motifs is 1. The van der Waals surface area contributed by atoms with Gasteiger partial charge in [-0.15, -0.1) is 0 Å². The van der Waals surface area contributed by atoms with Gasteiger partial charge in [-0.05, 0) is 74.8 Å². The van der Waals surface area contributed by atoms with Crippen molar-refractivity contribution >= 4 is 34.2 Å². The van der Waals surface area contributed by atoms with Crippen LogP contribution in [0.5, 0.6) is 17.2 Å². The molecule has 0 saturated carbocycles. The van der Waals surface area contributed by atoms with Gasteiger partial charge in [0, 0.05) is 29.7 Å². The predicted molar refractivity (Wildman–Crippen MR) is 148 cm³/mol. The number of likely N-dealkylation sites (tertiary alicyclic amines) is 1. The lowest BCUT2D eigenvalue weighted by molar-refractivity contribution is 0.238. The van der Waals surface area contributed by atoms with Crippen LogP contribution in [0.3, 0.4) is 0 Å². The Balaban J connectivity index is 1.42. The van der Waals surface area contributed by atoms with Crippen molar-refractivity contribution < 1.29 is 9.47 Å². The summed E-state index contributed by atoms with van der Waals surface area (Å²) in [7, 11) is 0. The highest BCUT2D eigenvalue weighted by molar-refractivity contribution is 6.35. The highest BCUT2D eigenvalue weighted by Crippen LogP contribution is 2.34. The Bertz CT molecular complexity index is 1330. The van der Waals surface area contributed by atoms with Gasteiger partial charge in [-0.3, -0.25) is 4.90 Å². The van der Waals surface area contributed by atoms with Crippen molar-refractivity contribution in [1.82, 2.24) is 14.5 Å². The fourth-order valence-electron chi connectivity index (χ4n) is 4.64. The zero-order valence-electron chi connectivity index (χ0n) is 20.6. The first-order valence-electron chi connectivity index (χ1n) is 12.7. The third-order valence-electron chi connectivity index (χ3n) is 6.54. The number of aryl methyl sites for hydroxylation is 1. The van der Waals surface area contributed by atoms with E-state index in [2.05, 4.69) is 34.6 Å². The molecule has 5 nitrogen and oxygen atoms in total. The fourth-order valence-corrected chi connectivity index (χ4v) is 5.08. The van der Waals surface area contributed by atoms with E-state index in [9.17, 15) is 0 Å². The van der Waals surface area contributed by atoms with Gasteiger partial charge < -0.3 is 14.0 Å². The first-order valence-corrected chi connectivity index (χ1v) is 13.4. The number of imidazole rings is 1. The molecule has 0 amide bonds.